The number of imidazole rings is 2. The van der Waals surface area contributed by atoms with Crippen molar-refractivity contribution in [2.75, 3.05) is 0 Å². The molecule has 2 unspecified atom stereocenters. The van der Waals surface area contributed by atoms with Crippen LogP contribution in [-0.2, 0) is 13.1 Å². The molecule has 8 nitrogen and oxygen atoms in total. The molecule has 2 atom stereocenters. The normalized spacial score (nSPS) is 11.7. The summed E-state index contributed by atoms with van der Waals surface area (Å²) in [5.74, 6) is 1.27. The molecule has 0 saturated carbocycles. The van der Waals surface area contributed by atoms with Gasteiger partial charge in [0.25, 0.3) is 0 Å². The second kappa shape index (κ2) is 17.7. The summed E-state index contributed by atoms with van der Waals surface area (Å²) in [6, 6.07) is 36.2. The first-order valence-corrected chi connectivity index (χ1v) is 16.5. The van der Waals surface area contributed by atoms with Gasteiger partial charge in [-0.1, -0.05) is 93.1 Å². The molecule has 0 aliphatic carbocycles. The lowest BCUT2D eigenvalue weighted by Crippen LogP contribution is -2.09. The van der Waals surface area contributed by atoms with E-state index in [0.29, 0.717) is 35.7 Å². The number of aromatic nitrogens is 4. The summed E-state index contributed by atoms with van der Waals surface area (Å²) in [4.78, 5) is 8.12. The molecule has 8 heteroatoms. The van der Waals surface area contributed by atoms with E-state index in [1.54, 1.807) is 25.0 Å². The molecule has 0 aliphatic rings. The minimum atomic E-state index is -0.0678. The van der Waals surface area contributed by atoms with Gasteiger partial charge in [0.05, 0.1) is 23.8 Å². The largest absolute Gasteiger partial charge is 0.484 e. The van der Waals surface area contributed by atoms with Crippen LogP contribution in [0.2, 0.25) is 0 Å². The number of hydrogen-bond donors (Lipinski definition) is 0. The maximum atomic E-state index is 9.43. The third-order valence-corrected chi connectivity index (χ3v) is 7.98. The Hall–Kier alpha value is -6.12. The predicted molar refractivity (Wildman–Crippen MR) is 190 cm³/mol. The SMILES string of the molecule is CCC(Oc1cc(Cn2ccnc2)ccc1C#N)c1ccccc1.CCCC(Oc1cc(Cn2ccnc2)ccc1C#N)c1ccccc1. The quantitative estimate of drug-likeness (QED) is 0.124. The second-order valence-electron chi connectivity index (χ2n) is 11.6. The van der Waals surface area contributed by atoms with E-state index in [1.807, 2.05) is 94.3 Å². The third-order valence-electron chi connectivity index (χ3n) is 7.98. The van der Waals surface area contributed by atoms with Crippen LogP contribution in [0.25, 0.3) is 0 Å². The smallest absolute Gasteiger partial charge is 0.138 e. The zero-order chi connectivity index (χ0) is 34.3. The molecule has 0 bridgehead atoms. The summed E-state index contributed by atoms with van der Waals surface area (Å²) < 4.78 is 16.4. The van der Waals surface area contributed by atoms with Crippen molar-refractivity contribution in [3.63, 3.8) is 0 Å². The molecule has 6 aromatic rings. The van der Waals surface area contributed by atoms with Gasteiger partial charge in [-0.05, 0) is 59.4 Å². The van der Waals surface area contributed by atoms with Crippen molar-refractivity contribution >= 4 is 0 Å². The number of rotatable bonds is 13. The number of nitriles is 2. The monoisotopic (exact) mass is 648 g/mol. The molecular weight excluding hydrogens is 608 g/mol. The predicted octanol–water partition coefficient (Wildman–Crippen LogP) is 9.06. The number of ether oxygens (including phenoxy) is 2. The highest BCUT2D eigenvalue weighted by molar-refractivity contribution is 5.47. The third kappa shape index (κ3) is 9.70. The van der Waals surface area contributed by atoms with Crippen molar-refractivity contribution in [1.82, 2.24) is 19.1 Å². The van der Waals surface area contributed by atoms with Crippen LogP contribution in [0.1, 0.15) is 78.7 Å². The Bertz CT molecular complexity index is 1940. The zero-order valence-electron chi connectivity index (χ0n) is 27.9. The van der Waals surface area contributed by atoms with Crippen LogP contribution in [0, 0.1) is 22.7 Å². The van der Waals surface area contributed by atoms with Crippen LogP contribution in [0.4, 0.5) is 0 Å². The first-order chi connectivity index (χ1) is 24.1. The fourth-order valence-corrected chi connectivity index (χ4v) is 5.48. The Morgan fingerprint density at radius 2 is 1.10 bits per heavy atom. The Morgan fingerprint density at radius 1 is 0.633 bits per heavy atom. The molecular formula is C41H40N6O2. The molecule has 0 fully saturated rings. The Kier molecular flexibility index (Phi) is 12.4. The first kappa shape index (κ1) is 34.2. The van der Waals surface area contributed by atoms with E-state index < -0.39 is 0 Å². The van der Waals surface area contributed by atoms with Gasteiger partial charge < -0.3 is 18.6 Å². The molecule has 0 radical (unpaired) electrons. The van der Waals surface area contributed by atoms with Crippen LogP contribution in [0.5, 0.6) is 11.5 Å². The van der Waals surface area contributed by atoms with E-state index >= 15 is 0 Å². The second-order valence-corrected chi connectivity index (χ2v) is 11.6. The highest BCUT2D eigenvalue weighted by Gasteiger charge is 2.16. The van der Waals surface area contributed by atoms with Crippen LogP contribution in [-0.4, -0.2) is 19.1 Å². The molecule has 49 heavy (non-hydrogen) atoms. The van der Waals surface area contributed by atoms with Crippen molar-refractivity contribution in [3.8, 4) is 23.6 Å². The average molecular weight is 649 g/mol. The maximum absolute atomic E-state index is 9.43. The van der Waals surface area contributed by atoms with Crippen LogP contribution < -0.4 is 9.47 Å². The lowest BCUT2D eigenvalue weighted by atomic mass is 10.0. The number of nitrogens with zero attached hydrogens (tertiary/aromatic N) is 6. The summed E-state index contributed by atoms with van der Waals surface area (Å²) in [5.41, 5.74) is 5.52. The van der Waals surface area contributed by atoms with Gasteiger partial charge in [0, 0.05) is 37.9 Å². The molecule has 6 rings (SSSR count). The van der Waals surface area contributed by atoms with Crippen LogP contribution in [0.3, 0.4) is 0 Å². The first-order valence-electron chi connectivity index (χ1n) is 16.5. The summed E-state index contributed by atoms with van der Waals surface area (Å²) >= 11 is 0. The molecule has 0 N–H and O–H groups in total. The van der Waals surface area contributed by atoms with Gasteiger partial charge in [-0.15, -0.1) is 0 Å². The van der Waals surface area contributed by atoms with Crippen LogP contribution >= 0.6 is 0 Å². The summed E-state index contributed by atoms with van der Waals surface area (Å²) in [5, 5.41) is 18.8. The number of benzene rings is 4. The van der Waals surface area contributed by atoms with Gasteiger partial charge in [-0.2, -0.15) is 10.5 Å². The van der Waals surface area contributed by atoms with Crippen molar-refractivity contribution in [3.05, 3.63) is 168 Å². The van der Waals surface area contributed by atoms with Gasteiger partial charge >= 0.3 is 0 Å². The fraction of sp³-hybridized carbons (Fsp3) is 0.220. The van der Waals surface area contributed by atoms with Crippen LogP contribution in [0.15, 0.2) is 135 Å². The van der Waals surface area contributed by atoms with Crippen molar-refractivity contribution in [2.24, 2.45) is 0 Å². The Morgan fingerprint density at radius 3 is 1.51 bits per heavy atom. The minimum absolute atomic E-state index is 0.0539. The summed E-state index contributed by atoms with van der Waals surface area (Å²) in [6.07, 6.45) is 13.5. The standard InChI is InChI=1S/C21H21N3O.C20H19N3O/c1-2-6-20(18-7-4-3-5-8-18)25-21-13-17(9-10-19(21)14-22)15-24-12-11-23-16-24;1-2-19(17-6-4-3-5-7-17)24-20-12-16(8-9-18(20)13-21)14-23-11-10-22-15-23/h3-5,7-13,16,20H,2,6,15H2,1H3;3-12,15,19H,2,14H2,1H3. The molecule has 4 aromatic carbocycles. The van der Waals surface area contributed by atoms with Gasteiger partial charge in [-0.25, -0.2) is 9.97 Å². The molecule has 0 spiro atoms. The minimum Gasteiger partial charge on any atom is -0.484 e. The molecule has 0 saturated heterocycles. The van der Waals surface area contributed by atoms with E-state index in [-0.39, 0.29) is 12.2 Å². The highest BCUT2D eigenvalue weighted by Crippen LogP contribution is 2.30. The molecule has 2 heterocycles. The zero-order valence-corrected chi connectivity index (χ0v) is 27.9. The molecule has 0 aliphatic heterocycles. The summed E-state index contributed by atoms with van der Waals surface area (Å²) in [7, 11) is 0. The van der Waals surface area contributed by atoms with Gasteiger partial charge in [0.2, 0.25) is 0 Å². The van der Waals surface area contributed by atoms with Gasteiger partial charge in [0.15, 0.2) is 0 Å². The number of hydrogen-bond acceptors (Lipinski definition) is 6. The fourth-order valence-electron chi connectivity index (χ4n) is 5.48. The van der Waals surface area contributed by atoms with Crippen molar-refractivity contribution in [2.45, 2.75) is 58.4 Å². The van der Waals surface area contributed by atoms with Crippen molar-refractivity contribution < 1.29 is 9.47 Å². The van der Waals surface area contributed by atoms with E-state index in [1.165, 1.54) is 0 Å². The Balaban J connectivity index is 0.000000191. The molecule has 0 amide bonds. The van der Waals surface area contributed by atoms with E-state index in [9.17, 15) is 10.5 Å². The molecule has 2 aromatic heterocycles. The van der Waals surface area contributed by atoms with E-state index in [0.717, 1.165) is 41.5 Å². The lowest BCUT2D eigenvalue weighted by Gasteiger charge is -2.20. The van der Waals surface area contributed by atoms with E-state index in [4.69, 9.17) is 9.47 Å². The highest BCUT2D eigenvalue weighted by atomic mass is 16.5. The van der Waals surface area contributed by atoms with E-state index in [2.05, 4.69) is 60.2 Å². The van der Waals surface area contributed by atoms with Crippen molar-refractivity contribution in [1.29, 1.82) is 10.5 Å². The Labute approximate surface area is 288 Å². The van der Waals surface area contributed by atoms with Gasteiger partial charge in [-0.3, -0.25) is 0 Å². The average Bonchev–Trinajstić information content (AvgIpc) is 3.87. The topological polar surface area (TPSA) is 102 Å². The maximum Gasteiger partial charge on any atom is 0.138 e. The molecule has 246 valence electrons. The summed E-state index contributed by atoms with van der Waals surface area (Å²) in [6.45, 7) is 5.62. The lowest BCUT2D eigenvalue weighted by molar-refractivity contribution is 0.193. The van der Waals surface area contributed by atoms with Gasteiger partial charge in [0.1, 0.15) is 35.8 Å².